The van der Waals surface area contributed by atoms with Crippen LogP contribution in [0.15, 0.2) is 6.20 Å². The third-order valence-corrected chi connectivity index (χ3v) is 5.05. The second-order valence-corrected chi connectivity index (χ2v) is 7.01. The summed E-state index contributed by atoms with van der Waals surface area (Å²) in [5, 5.41) is 8.15. The number of morpholine rings is 1. The first-order valence-corrected chi connectivity index (χ1v) is 9.84. The van der Waals surface area contributed by atoms with Gasteiger partial charge in [0.05, 0.1) is 45.0 Å². The maximum absolute atomic E-state index is 12.9. The molecule has 0 N–H and O–H groups in total. The molecule has 1 unspecified atom stereocenters. The number of rotatable bonds is 7. The van der Waals surface area contributed by atoms with Gasteiger partial charge in [0.1, 0.15) is 0 Å². The first-order valence-electron chi connectivity index (χ1n) is 9.84. The summed E-state index contributed by atoms with van der Waals surface area (Å²) in [7, 11) is 0. The number of likely N-dealkylation sites (tertiary alicyclic amines) is 1. The second kappa shape index (κ2) is 9.80. The molecule has 1 atom stereocenters. The molecule has 2 aliphatic heterocycles. The van der Waals surface area contributed by atoms with Gasteiger partial charge in [0.2, 0.25) is 0 Å². The summed E-state index contributed by atoms with van der Waals surface area (Å²) in [6, 6.07) is -0.330. The number of hydrogen-bond donors (Lipinski definition) is 0. The van der Waals surface area contributed by atoms with Crippen molar-refractivity contribution in [1.82, 2.24) is 24.8 Å². The van der Waals surface area contributed by atoms with Gasteiger partial charge in [-0.05, 0) is 32.9 Å². The molecule has 9 nitrogen and oxygen atoms in total. The minimum atomic E-state index is -0.330. The Morgan fingerprint density at radius 3 is 2.81 bits per heavy atom. The Hall–Kier alpha value is -2.00. The molecule has 0 bridgehead atoms. The van der Waals surface area contributed by atoms with Gasteiger partial charge in [-0.2, -0.15) is 0 Å². The number of carbonyl (C=O) groups is 2. The molecule has 1 amide bonds. The summed E-state index contributed by atoms with van der Waals surface area (Å²) >= 11 is 0. The van der Waals surface area contributed by atoms with E-state index in [-0.39, 0.29) is 24.3 Å². The van der Waals surface area contributed by atoms with E-state index in [1.54, 1.807) is 22.7 Å². The van der Waals surface area contributed by atoms with Crippen LogP contribution in [0.4, 0.5) is 0 Å². The Bertz CT molecular complexity index is 629. The third kappa shape index (κ3) is 5.49. The SMILES string of the molecule is CCOC(=O)CC1COCCN1C(=O)c1cn(CCN2CCCCC2)nn1. The normalized spacial score (nSPS) is 21.2. The average Bonchev–Trinajstić information content (AvgIpc) is 3.16. The topological polar surface area (TPSA) is 89.8 Å². The lowest BCUT2D eigenvalue weighted by atomic mass is 10.1. The van der Waals surface area contributed by atoms with Crippen LogP contribution >= 0.6 is 0 Å². The highest BCUT2D eigenvalue weighted by atomic mass is 16.5. The van der Waals surface area contributed by atoms with Crippen LogP contribution in [-0.4, -0.2) is 88.7 Å². The molecule has 2 aliphatic rings. The van der Waals surface area contributed by atoms with Gasteiger partial charge in [-0.15, -0.1) is 5.10 Å². The second-order valence-electron chi connectivity index (χ2n) is 7.01. The minimum Gasteiger partial charge on any atom is -0.466 e. The van der Waals surface area contributed by atoms with Crippen LogP contribution in [0.1, 0.15) is 43.1 Å². The van der Waals surface area contributed by atoms with Gasteiger partial charge in [-0.25, -0.2) is 0 Å². The third-order valence-electron chi connectivity index (χ3n) is 5.05. The number of amides is 1. The van der Waals surface area contributed by atoms with E-state index >= 15 is 0 Å². The number of ether oxygens (including phenoxy) is 2. The van der Waals surface area contributed by atoms with E-state index in [1.165, 1.54) is 19.3 Å². The summed E-state index contributed by atoms with van der Waals surface area (Å²) in [6.45, 7) is 7.20. The fourth-order valence-corrected chi connectivity index (χ4v) is 3.58. The molecular weight excluding hydrogens is 350 g/mol. The van der Waals surface area contributed by atoms with Gasteiger partial charge in [0, 0.05) is 13.1 Å². The summed E-state index contributed by atoms with van der Waals surface area (Å²) in [5.41, 5.74) is 0.310. The van der Waals surface area contributed by atoms with Crippen molar-refractivity contribution < 1.29 is 19.1 Å². The Balaban J connectivity index is 1.56. The molecule has 1 aromatic rings. The van der Waals surface area contributed by atoms with Crippen LogP contribution in [0.3, 0.4) is 0 Å². The van der Waals surface area contributed by atoms with Crippen LogP contribution in [-0.2, 0) is 20.8 Å². The molecule has 3 rings (SSSR count). The zero-order chi connectivity index (χ0) is 19.1. The van der Waals surface area contributed by atoms with E-state index in [0.29, 0.717) is 32.1 Å². The van der Waals surface area contributed by atoms with E-state index in [0.717, 1.165) is 26.2 Å². The fraction of sp³-hybridized carbons (Fsp3) is 0.778. The molecule has 2 saturated heterocycles. The van der Waals surface area contributed by atoms with Gasteiger partial charge in [-0.3, -0.25) is 14.3 Å². The van der Waals surface area contributed by atoms with Crippen LogP contribution in [0.5, 0.6) is 0 Å². The largest absolute Gasteiger partial charge is 0.466 e. The van der Waals surface area contributed by atoms with Crippen molar-refractivity contribution in [3.8, 4) is 0 Å². The molecule has 0 spiro atoms. The van der Waals surface area contributed by atoms with E-state index < -0.39 is 0 Å². The summed E-state index contributed by atoms with van der Waals surface area (Å²) < 4.78 is 12.2. The minimum absolute atomic E-state index is 0.128. The summed E-state index contributed by atoms with van der Waals surface area (Å²) in [6.07, 6.45) is 5.64. The van der Waals surface area contributed by atoms with Crippen molar-refractivity contribution in [2.75, 3.05) is 46.0 Å². The van der Waals surface area contributed by atoms with Gasteiger partial charge in [0.25, 0.3) is 5.91 Å². The lowest BCUT2D eigenvalue weighted by Gasteiger charge is -2.34. The zero-order valence-electron chi connectivity index (χ0n) is 16.0. The van der Waals surface area contributed by atoms with Crippen LogP contribution in [0.2, 0.25) is 0 Å². The van der Waals surface area contributed by atoms with Crippen LogP contribution in [0, 0.1) is 0 Å². The Labute approximate surface area is 159 Å². The monoisotopic (exact) mass is 379 g/mol. The van der Waals surface area contributed by atoms with Crippen molar-refractivity contribution >= 4 is 11.9 Å². The van der Waals surface area contributed by atoms with Crippen molar-refractivity contribution in [3.63, 3.8) is 0 Å². The number of aromatic nitrogens is 3. The standard InChI is InChI=1S/C18H29N5O4/c1-2-27-17(24)12-15-14-26-11-10-23(15)18(25)16-13-22(20-19-16)9-8-21-6-4-3-5-7-21/h13,15H,2-12,14H2,1H3. The van der Waals surface area contributed by atoms with E-state index in [1.807, 2.05) is 0 Å². The van der Waals surface area contributed by atoms with Crippen molar-refractivity contribution in [3.05, 3.63) is 11.9 Å². The highest BCUT2D eigenvalue weighted by molar-refractivity contribution is 5.92. The predicted octanol–water partition coefficient (Wildman–Crippen LogP) is 0.558. The highest BCUT2D eigenvalue weighted by Gasteiger charge is 2.31. The molecule has 150 valence electrons. The van der Waals surface area contributed by atoms with Gasteiger partial charge in [-0.1, -0.05) is 11.6 Å². The van der Waals surface area contributed by atoms with E-state index in [2.05, 4.69) is 15.2 Å². The van der Waals surface area contributed by atoms with Gasteiger partial charge >= 0.3 is 5.97 Å². The van der Waals surface area contributed by atoms with Crippen molar-refractivity contribution in [2.24, 2.45) is 0 Å². The number of nitrogens with zero attached hydrogens (tertiary/aromatic N) is 5. The molecule has 0 aromatic carbocycles. The molecule has 1 aromatic heterocycles. The van der Waals surface area contributed by atoms with E-state index in [4.69, 9.17) is 9.47 Å². The number of esters is 1. The van der Waals surface area contributed by atoms with Crippen LogP contribution in [0.25, 0.3) is 0 Å². The summed E-state index contributed by atoms with van der Waals surface area (Å²) in [5.74, 6) is -0.534. The van der Waals surface area contributed by atoms with Crippen molar-refractivity contribution in [2.45, 2.75) is 45.2 Å². The van der Waals surface area contributed by atoms with Crippen molar-refractivity contribution in [1.29, 1.82) is 0 Å². The first-order chi connectivity index (χ1) is 13.2. The molecule has 0 aliphatic carbocycles. The molecule has 0 saturated carbocycles. The lowest BCUT2D eigenvalue weighted by Crippen LogP contribution is -2.49. The predicted molar refractivity (Wildman–Crippen MR) is 97.2 cm³/mol. The quantitative estimate of drug-likeness (QED) is 0.639. The first kappa shape index (κ1) is 19.8. The number of carbonyl (C=O) groups excluding carboxylic acids is 2. The zero-order valence-corrected chi connectivity index (χ0v) is 16.0. The van der Waals surface area contributed by atoms with Crippen LogP contribution < -0.4 is 0 Å². The molecule has 27 heavy (non-hydrogen) atoms. The smallest absolute Gasteiger partial charge is 0.307 e. The Morgan fingerprint density at radius 1 is 1.22 bits per heavy atom. The Morgan fingerprint density at radius 2 is 2.04 bits per heavy atom. The average molecular weight is 379 g/mol. The van der Waals surface area contributed by atoms with Gasteiger partial charge < -0.3 is 19.3 Å². The lowest BCUT2D eigenvalue weighted by molar-refractivity contribution is -0.145. The maximum atomic E-state index is 12.9. The molecule has 0 radical (unpaired) electrons. The highest BCUT2D eigenvalue weighted by Crippen LogP contribution is 2.15. The maximum Gasteiger partial charge on any atom is 0.307 e. The molecule has 9 heteroatoms. The Kier molecular flexibility index (Phi) is 7.17. The number of piperidine rings is 1. The molecule has 2 fully saturated rings. The number of hydrogen-bond acceptors (Lipinski definition) is 7. The summed E-state index contributed by atoms with van der Waals surface area (Å²) in [4.78, 5) is 28.7. The van der Waals surface area contributed by atoms with Gasteiger partial charge in [0.15, 0.2) is 5.69 Å². The molecular formula is C18H29N5O4. The van der Waals surface area contributed by atoms with E-state index in [9.17, 15) is 9.59 Å². The molecule has 3 heterocycles. The fourth-order valence-electron chi connectivity index (χ4n) is 3.58.